The van der Waals surface area contributed by atoms with E-state index in [0.29, 0.717) is 12.8 Å². The highest BCUT2D eigenvalue weighted by Crippen LogP contribution is 2.26. The van der Waals surface area contributed by atoms with E-state index in [1.54, 1.807) is 0 Å². The SMILES string of the molecule is CCCCCC/C=C/CCCCCCCCCCCC(=O)OC[C@@H](CO[C@@H]1O[C@H](CO[C@@H]2O[C@H](CO)[C@H](O)C(O)C2O)[C@H](O)C(O)C1O)OC(=O)CCCCC/C=C/CCCCCCCCCC. The molecule has 0 radical (unpaired) electrons. The summed E-state index contributed by atoms with van der Waals surface area (Å²) >= 11 is 0. The number of allylic oxidation sites excluding steroid dienone is 4. The Morgan fingerprint density at radius 3 is 1.32 bits per heavy atom. The zero-order chi connectivity index (χ0) is 49.6. The Kier molecular flexibility index (Phi) is 37.0. The molecule has 15 nitrogen and oxygen atoms in total. The normalized spacial score (nSPS) is 25.9. The highest BCUT2D eigenvalue weighted by atomic mass is 16.7. The first-order valence-electron chi connectivity index (χ1n) is 26.9. The van der Waals surface area contributed by atoms with Crippen LogP contribution in [-0.2, 0) is 38.0 Å². The van der Waals surface area contributed by atoms with E-state index in [-0.39, 0.29) is 26.1 Å². The molecule has 2 rings (SSSR count). The van der Waals surface area contributed by atoms with Gasteiger partial charge in [0.05, 0.1) is 19.8 Å². The quantitative estimate of drug-likeness (QED) is 0.0175. The summed E-state index contributed by atoms with van der Waals surface area (Å²) in [6, 6.07) is 0. The largest absolute Gasteiger partial charge is 0.462 e. The lowest BCUT2D eigenvalue weighted by molar-refractivity contribution is -0.332. The lowest BCUT2D eigenvalue weighted by atomic mass is 9.98. The van der Waals surface area contributed by atoms with Crippen molar-refractivity contribution in [2.75, 3.05) is 26.4 Å². The second-order valence-electron chi connectivity index (χ2n) is 19.0. The van der Waals surface area contributed by atoms with Gasteiger partial charge < -0.3 is 64.2 Å². The van der Waals surface area contributed by atoms with E-state index >= 15 is 0 Å². The Morgan fingerprint density at radius 1 is 0.456 bits per heavy atom. The molecular weight excluding hydrogens is 877 g/mol. The highest BCUT2D eigenvalue weighted by Gasteiger charge is 2.47. The van der Waals surface area contributed by atoms with Crippen molar-refractivity contribution in [3.8, 4) is 0 Å². The molecule has 2 aliphatic heterocycles. The maximum atomic E-state index is 13.0. The van der Waals surface area contributed by atoms with Crippen LogP contribution in [0.1, 0.15) is 206 Å². The van der Waals surface area contributed by atoms with Crippen LogP contribution in [0.4, 0.5) is 0 Å². The number of unbranched alkanes of at least 4 members (excludes halogenated alkanes) is 24. The van der Waals surface area contributed by atoms with Crippen molar-refractivity contribution in [1.29, 1.82) is 0 Å². The maximum absolute atomic E-state index is 13.0. The first kappa shape index (κ1) is 62.1. The molecular formula is C53H96O15. The molecule has 11 atom stereocenters. The summed E-state index contributed by atoms with van der Waals surface area (Å²) in [6.07, 6.45) is 24.9. The van der Waals surface area contributed by atoms with Gasteiger partial charge in [0.2, 0.25) is 0 Å². The van der Waals surface area contributed by atoms with E-state index in [4.69, 9.17) is 28.4 Å². The molecule has 0 aliphatic carbocycles. The summed E-state index contributed by atoms with van der Waals surface area (Å²) in [5, 5.41) is 72.1. The molecule has 7 N–H and O–H groups in total. The lowest BCUT2D eigenvalue weighted by Gasteiger charge is -2.42. The summed E-state index contributed by atoms with van der Waals surface area (Å²) in [5.74, 6) is -0.939. The molecule has 0 saturated carbocycles. The Labute approximate surface area is 409 Å². The average Bonchev–Trinajstić information content (AvgIpc) is 3.33. The zero-order valence-electron chi connectivity index (χ0n) is 42.1. The van der Waals surface area contributed by atoms with Gasteiger partial charge in [-0.2, -0.15) is 0 Å². The Morgan fingerprint density at radius 2 is 0.838 bits per heavy atom. The van der Waals surface area contributed by atoms with Gasteiger partial charge in [-0.3, -0.25) is 9.59 Å². The molecule has 15 heteroatoms. The standard InChI is InChI=1S/C53H96O15/c1-3-5-7-9-11-13-15-17-19-20-22-23-25-27-29-31-33-35-44(55)63-38-41(66-45(56)36-34-32-30-28-26-24-21-18-16-14-12-10-8-6-4-2)39-64-52-51(62)49(60)47(58)43(68-52)40-65-53-50(61)48(59)46(57)42(37-54)67-53/h13,15,24,26,41-43,46-54,57-62H,3-12,14,16-23,25,27-40H2,1-2H3/b15-13+,26-24+/t41-,42+,43+,46-,47-,48?,49?,50?,51?,52+,53+/m0/s1. The number of esters is 2. The van der Waals surface area contributed by atoms with Crippen LogP contribution < -0.4 is 0 Å². The van der Waals surface area contributed by atoms with Crippen molar-refractivity contribution in [1.82, 2.24) is 0 Å². The van der Waals surface area contributed by atoms with Crippen molar-refractivity contribution in [2.45, 2.75) is 274 Å². The second-order valence-corrected chi connectivity index (χ2v) is 19.0. The molecule has 2 heterocycles. The smallest absolute Gasteiger partial charge is 0.306 e. The fourth-order valence-corrected chi connectivity index (χ4v) is 8.44. The van der Waals surface area contributed by atoms with Gasteiger partial charge in [-0.05, 0) is 64.2 Å². The number of aliphatic hydroxyl groups is 7. The number of hydrogen-bond donors (Lipinski definition) is 7. The van der Waals surface area contributed by atoms with E-state index in [1.165, 1.54) is 122 Å². The topological polar surface area (TPSA) is 231 Å². The molecule has 68 heavy (non-hydrogen) atoms. The minimum atomic E-state index is -1.77. The Hall–Kier alpha value is -2.02. The summed E-state index contributed by atoms with van der Waals surface area (Å²) in [4.78, 5) is 25.8. The highest BCUT2D eigenvalue weighted by molar-refractivity contribution is 5.70. The van der Waals surface area contributed by atoms with Crippen LogP contribution in [0.3, 0.4) is 0 Å². The predicted octanol–water partition coefficient (Wildman–Crippen LogP) is 7.94. The molecule has 2 aliphatic rings. The van der Waals surface area contributed by atoms with Crippen LogP contribution in [0.25, 0.3) is 0 Å². The molecule has 4 unspecified atom stereocenters. The molecule has 0 aromatic heterocycles. The van der Waals surface area contributed by atoms with Gasteiger partial charge in [0.25, 0.3) is 0 Å². The van der Waals surface area contributed by atoms with Crippen LogP contribution >= 0.6 is 0 Å². The first-order valence-corrected chi connectivity index (χ1v) is 26.9. The van der Waals surface area contributed by atoms with Gasteiger partial charge in [0.1, 0.15) is 55.4 Å². The number of carbonyl (C=O) groups excluding carboxylic acids is 2. The molecule has 0 bridgehead atoms. The van der Waals surface area contributed by atoms with Crippen molar-refractivity contribution < 1.29 is 73.8 Å². The van der Waals surface area contributed by atoms with Crippen LogP contribution in [0.15, 0.2) is 24.3 Å². The Balaban J connectivity index is 1.79. The third-order valence-electron chi connectivity index (χ3n) is 12.9. The fourth-order valence-electron chi connectivity index (χ4n) is 8.44. The monoisotopic (exact) mass is 973 g/mol. The Bertz CT molecular complexity index is 1280. The van der Waals surface area contributed by atoms with Crippen molar-refractivity contribution >= 4 is 11.9 Å². The first-order chi connectivity index (χ1) is 33.0. The zero-order valence-corrected chi connectivity index (χ0v) is 42.1. The van der Waals surface area contributed by atoms with Gasteiger partial charge in [-0.25, -0.2) is 0 Å². The van der Waals surface area contributed by atoms with Gasteiger partial charge in [-0.15, -0.1) is 0 Å². The minimum Gasteiger partial charge on any atom is -0.462 e. The number of ether oxygens (including phenoxy) is 6. The van der Waals surface area contributed by atoms with Gasteiger partial charge in [0.15, 0.2) is 18.7 Å². The molecule has 0 spiro atoms. The average molecular weight is 973 g/mol. The van der Waals surface area contributed by atoms with E-state index in [9.17, 15) is 45.3 Å². The summed E-state index contributed by atoms with van der Waals surface area (Å²) < 4.78 is 33.6. The number of aliphatic hydroxyl groups excluding tert-OH is 7. The lowest BCUT2D eigenvalue weighted by Crippen LogP contribution is -2.61. The van der Waals surface area contributed by atoms with Crippen LogP contribution in [0.5, 0.6) is 0 Å². The van der Waals surface area contributed by atoms with Crippen LogP contribution in [0.2, 0.25) is 0 Å². The summed E-state index contributed by atoms with van der Waals surface area (Å²) in [5.41, 5.74) is 0. The minimum absolute atomic E-state index is 0.147. The van der Waals surface area contributed by atoms with Crippen molar-refractivity contribution in [2.24, 2.45) is 0 Å². The van der Waals surface area contributed by atoms with E-state index in [1.807, 2.05) is 0 Å². The second kappa shape index (κ2) is 40.6. The van der Waals surface area contributed by atoms with E-state index < -0.39 is 92.7 Å². The third-order valence-corrected chi connectivity index (χ3v) is 12.9. The van der Waals surface area contributed by atoms with Crippen molar-refractivity contribution in [3.05, 3.63) is 24.3 Å². The molecule has 2 fully saturated rings. The van der Waals surface area contributed by atoms with Gasteiger partial charge in [-0.1, -0.05) is 154 Å². The molecule has 0 amide bonds. The number of hydrogen-bond acceptors (Lipinski definition) is 15. The number of rotatable bonds is 42. The molecule has 0 aromatic rings. The summed E-state index contributed by atoms with van der Waals surface area (Å²) in [7, 11) is 0. The van der Waals surface area contributed by atoms with Gasteiger partial charge in [0, 0.05) is 12.8 Å². The van der Waals surface area contributed by atoms with E-state index in [0.717, 1.165) is 44.9 Å². The van der Waals surface area contributed by atoms with E-state index in [2.05, 4.69) is 38.2 Å². The summed E-state index contributed by atoms with van der Waals surface area (Å²) in [6.45, 7) is 2.58. The maximum Gasteiger partial charge on any atom is 0.306 e. The molecule has 0 aromatic carbocycles. The van der Waals surface area contributed by atoms with Gasteiger partial charge >= 0.3 is 11.9 Å². The van der Waals surface area contributed by atoms with Crippen molar-refractivity contribution in [3.63, 3.8) is 0 Å². The molecule has 2 saturated heterocycles. The number of carbonyl (C=O) groups is 2. The third kappa shape index (κ3) is 28.1. The fraction of sp³-hybridized carbons (Fsp3) is 0.887. The van der Waals surface area contributed by atoms with Crippen LogP contribution in [0, 0.1) is 0 Å². The van der Waals surface area contributed by atoms with Crippen LogP contribution in [-0.4, -0.2) is 142 Å². The predicted molar refractivity (Wildman–Crippen MR) is 261 cm³/mol. The molecule has 398 valence electrons.